The van der Waals surface area contributed by atoms with Gasteiger partial charge in [0.25, 0.3) is 10.0 Å². The minimum atomic E-state index is -3.86. The molecule has 1 N–H and O–H groups in total. The molecule has 8 heteroatoms. The maximum atomic E-state index is 12.1. The van der Waals surface area contributed by atoms with Crippen LogP contribution < -0.4 is 4.72 Å². The van der Waals surface area contributed by atoms with E-state index in [1.165, 1.54) is 24.5 Å². The molecule has 0 atom stereocenters. The van der Waals surface area contributed by atoms with Crippen LogP contribution in [-0.4, -0.2) is 18.4 Å². The number of sulfonamides is 1. The van der Waals surface area contributed by atoms with Crippen LogP contribution in [0.25, 0.3) is 0 Å². The van der Waals surface area contributed by atoms with E-state index in [2.05, 4.69) is 30.6 Å². The average Bonchev–Trinajstić information content (AvgIpc) is 2.41. The predicted octanol–water partition coefficient (Wildman–Crippen LogP) is 1.91. The molecule has 96 valence electrons. The summed E-state index contributed by atoms with van der Waals surface area (Å²) in [6, 6.07) is 7.76. The van der Waals surface area contributed by atoms with Gasteiger partial charge >= 0.3 is 0 Å². The van der Waals surface area contributed by atoms with Gasteiger partial charge < -0.3 is 0 Å². The van der Waals surface area contributed by atoms with Crippen molar-refractivity contribution in [1.82, 2.24) is 9.97 Å². The zero-order valence-corrected chi connectivity index (χ0v) is 11.8. The van der Waals surface area contributed by atoms with Gasteiger partial charge in [-0.05, 0) is 28.1 Å². The molecule has 1 aromatic heterocycles. The van der Waals surface area contributed by atoms with Crippen molar-refractivity contribution in [2.45, 2.75) is 4.90 Å². The first-order chi connectivity index (χ1) is 9.03. The fourth-order valence-electron chi connectivity index (χ4n) is 1.35. The van der Waals surface area contributed by atoms with E-state index in [0.29, 0.717) is 4.60 Å². The molecule has 2 aromatic rings. The van der Waals surface area contributed by atoms with E-state index in [9.17, 15) is 8.42 Å². The van der Waals surface area contributed by atoms with Crippen LogP contribution in [0.15, 0.2) is 46.2 Å². The van der Waals surface area contributed by atoms with Crippen LogP contribution in [0.5, 0.6) is 0 Å². The second-order valence-corrected chi connectivity index (χ2v) is 5.90. The van der Waals surface area contributed by atoms with E-state index in [-0.39, 0.29) is 16.3 Å². The van der Waals surface area contributed by atoms with Crippen molar-refractivity contribution in [1.29, 1.82) is 5.26 Å². The monoisotopic (exact) mass is 338 g/mol. The van der Waals surface area contributed by atoms with Gasteiger partial charge in [0.05, 0.1) is 18.0 Å². The number of hydrogen-bond donors (Lipinski definition) is 1. The minimum absolute atomic E-state index is 0.0695. The first-order valence-corrected chi connectivity index (χ1v) is 7.30. The highest BCUT2D eigenvalue weighted by molar-refractivity contribution is 9.10. The zero-order valence-electron chi connectivity index (χ0n) is 9.41. The van der Waals surface area contributed by atoms with Crippen LogP contribution in [0.1, 0.15) is 5.56 Å². The number of nitrogens with one attached hydrogen (secondary N) is 1. The largest absolute Gasteiger partial charge is 0.264 e. The van der Waals surface area contributed by atoms with Gasteiger partial charge in [-0.1, -0.05) is 12.1 Å². The van der Waals surface area contributed by atoms with Gasteiger partial charge in [-0.2, -0.15) is 5.26 Å². The van der Waals surface area contributed by atoms with Crippen LogP contribution in [-0.2, 0) is 10.0 Å². The normalized spacial score (nSPS) is 10.7. The van der Waals surface area contributed by atoms with E-state index >= 15 is 0 Å². The summed E-state index contributed by atoms with van der Waals surface area (Å²) in [4.78, 5) is 7.63. The Morgan fingerprint density at radius 1 is 1.21 bits per heavy atom. The fourth-order valence-corrected chi connectivity index (χ4v) is 2.71. The fraction of sp³-hybridized carbons (Fsp3) is 0. The highest BCUT2D eigenvalue weighted by Crippen LogP contribution is 2.18. The van der Waals surface area contributed by atoms with E-state index in [1.54, 1.807) is 12.1 Å². The van der Waals surface area contributed by atoms with Crippen molar-refractivity contribution in [2.75, 3.05) is 4.72 Å². The van der Waals surface area contributed by atoms with Gasteiger partial charge in [0.15, 0.2) is 5.82 Å². The average molecular weight is 339 g/mol. The molecular weight excluding hydrogens is 332 g/mol. The predicted molar refractivity (Wildman–Crippen MR) is 71.7 cm³/mol. The van der Waals surface area contributed by atoms with Crippen molar-refractivity contribution in [3.63, 3.8) is 0 Å². The smallest absolute Gasteiger partial charge is 0.262 e. The van der Waals surface area contributed by atoms with E-state index in [1.807, 2.05) is 6.07 Å². The summed E-state index contributed by atoms with van der Waals surface area (Å²) in [7, 11) is -3.86. The van der Waals surface area contributed by atoms with Crippen LogP contribution in [0.3, 0.4) is 0 Å². The van der Waals surface area contributed by atoms with Crippen molar-refractivity contribution >= 4 is 31.8 Å². The van der Waals surface area contributed by atoms with Gasteiger partial charge in [-0.25, -0.2) is 18.4 Å². The molecule has 0 aliphatic rings. The van der Waals surface area contributed by atoms with Crippen LogP contribution in [0.2, 0.25) is 0 Å². The summed E-state index contributed by atoms with van der Waals surface area (Å²) in [5.41, 5.74) is 0.0695. The Morgan fingerprint density at radius 3 is 2.58 bits per heavy atom. The third-order valence-electron chi connectivity index (χ3n) is 2.16. The molecular formula is C11H7BrN4O2S. The molecule has 0 saturated heterocycles. The van der Waals surface area contributed by atoms with Crippen molar-refractivity contribution in [2.24, 2.45) is 0 Å². The number of benzene rings is 1. The topological polar surface area (TPSA) is 95.7 Å². The lowest BCUT2D eigenvalue weighted by atomic mass is 10.2. The summed E-state index contributed by atoms with van der Waals surface area (Å²) < 4.78 is 27.0. The summed E-state index contributed by atoms with van der Waals surface area (Å²) >= 11 is 3.10. The van der Waals surface area contributed by atoms with Crippen molar-refractivity contribution in [3.05, 3.63) is 46.8 Å². The summed E-state index contributed by atoms with van der Waals surface area (Å²) in [5.74, 6) is 0.0796. The van der Waals surface area contributed by atoms with E-state index in [0.717, 1.165) is 0 Å². The van der Waals surface area contributed by atoms with Gasteiger partial charge in [-0.15, -0.1) is 0 Å². The maximum Gasteiger partial charge on any atom is 0.264 e. The summed E-state index contributed by atoms with van der Waals surface area (Å²) in [6.07, 6.45) is 2.64. The Labute approximate surface area is 118 Å². The molecule has 0 bridgehead atoms. The lowest BCUT2D eigenvalue weighted by molar-refractivity contribution is 0.600. The zero-order chi connectivity index (χ0) is 13.9. The SMILES string of the molecule is N#Cc1ccccc1S(=O)(=O)Nc1cnc(Br)cn1. The summed E-state index contributed by atoms with van der Waals surface area (Å²) in [5, 5.41) is 8.91. The maximum absolute atomic E-state index is 12.1. The highest BCUT2D eigenvalue weighted by atomic mass is 79.9. The first-order valence-electron chi connectivity index (χ1n) is 5.02. The standard InChI is InChI=1S/C11H7BrN4O2S/c12-10-6-15-11(7-14-10)16-19(17,18)9-4-2-1-3-8(9)5-13/h1-4,6-7H,(H,15,16). The second-order valence-electron chi connectivity index (χ2n) is 3.44. The molecule has 1 heterocycles. The Bertz CT molecular complexity index is 738. The molecule has 1 aromatic carbocycles. The number of halogens is 1. The van der Waals surface area contributed by atoms with Crippen molar-refractivity contribution in [3.8, 4) is 6.07 Å². The van der Waals surface area contributed by atoms with Gasteiger partial charge in [0.2, 0.25) is 0 Å². The second kappa shape index (κ2) is 5.34. The molecule has 2 rings (SSSR count). The molecule has 0 fully saturated rings. The van der Waals surface area contributed by atoms with Gasteiger partial charge in [0.1, 0.15) is 15.6 Å². The Balaban J connectivity index is 2.38. The third kappa shape index (κ3) is 3.07. The number of aromatic nitrogens is 2. The molecule has 0 saturated carbocycles. The van der Waals surface area contributed by atoms with Gasteiger partial charge in [-0.3, -0.25) is 4.72 Å². The van der Waals surface area contributed by atoms with E-state index in [4.69, 9.17) is 5.26 Å². The molecule has 19 heavy (non-hydrogen) atoms. The van der Waals surface area contributed by atoms with Gasteiger partial charge in [0, 0.05) is 0 Å². The van der Waals surface area contributed by atoms with E-state index < -0.39 is 10.0 Å². The molecule has 0 aliphatic heterocycles. The highest BCUT2D eigenvalue weighted by Gasteiger charge is 2.18. The molecule has 0 amide bonds. The number of nitriles is 1. The number of hydrogen-bond acceptors (Lipinski definition) is 5. The summed E-state index contributed by atoms with van der Waals surface area (Å²) in [6.45, 7) is 0. The van der Waals surface area contributed by atoms with Crippen LogP contribution in [0.4, 0.5) is 5.82 Å². The number of anilines is 1. The lowest BCUT2D eigenvalue weighted by Gasteiger charge is -2.07. The first kappa shape index (κ1) is 13.5. The quantitative estimate of drug-likeness (QED) is 0.922. The molecule has 0 aliphatic carbocycles. The minimum Gasteiger partial charge on any atom is -0.262 e. The molecule has 6 nitrogen and oxygen atoms in total. The Kier molecular flexibility index (Phi) is 3.78. The molecule has 0 spiro atoms. The Hall–Kier alpha value is -1.98. The lowest BCUT2D eigenvalue weighted by Crippen LogP contribution is -2.15. The molecule has 0 unspecified atom stereocenters. The third-order valence-corrected chi connectivity index (χ3v) is 3.98. The Morgan fingerprint density at radius 2 is 1.95 bits per heavy atom. The van der Waals surface area contributed by atoms with Crippen LogP contribution in [0, 0.1) is 11.3 Å². The number of rotatable bonds is 3. The molecule has 0 radical (unpaired) electrons. The van der Waals surface area contributed by atoms with Crippen LogP contribution >= 0.6 is 15.9 Å². The number of nitrogens with zero attached hydrogens (tertiary/aromatic N) is 3. The van der Waals surface area contributed by atoms with Crippen molar-refractivity contribution < 1.29 is 8.42 Å².